The number of tetrazole rings is 1. The average molecular weight is 367 g/mol. The van der Waals surface area contributed by atoms with Gasteiger partial charge in [0.2, 0.25) is 0 Å². The van der Waals surface area contributed by atoms with E-state index in [0.717, 1.165) is 12.1 Å². The number of aromatic nitrogens is 4. The number of rotatable bonds is 1. The molecule has 4 nitrogen and oxygen atoms in total. The topological polar surface area (TPSA) is 43.6 Å². The van der Waals surface area contributed by atoms with Crippen molar-refractivity contribution >= 4 is 10.8 Å². The number of nitrogens with zero attached hydrogens (tertiary/aromatic N) is 4. The maximum Gasteiger partial charge on any atom is 4.00 e. The van der Waals surface area contributed by atoms with Crippen LogP contribution in [0, 0.1) is 6.08 Å². The number of fused-ring (bicyclic) bond motifs is 1. The van der Waals surface area contributed by atoms with E-state index in [1.165, 1.54) is 21.9 Å². The minimum Gasteiger partial charge on any atom is -1.00 e. The maximum absolute atomic E-state index is 3.98. The molecular weight excluding hydrogens is 355 g/mol. The van der Waals surface area contributed by atoms with Crippen LogP contribution in [0.3, 0.4) is 0 Å². The fourth-order valence-corrected chi connectivity index (χ4v) is 1.88. The number of allylic oxidation sites excluding steroid dienone is 4. The summed E-state index contributed by atoms with van der Waals surface area (Å²) in [5.41, 5.74) is 0.948. The first-order chi connectivity index (χ1) is 9.43. The minimum absolute atomic E-state index is 0. The van der Waals surface area contributed by atoms with Crippen LogP contribution in [-0.4, -0.2) is 20.2 Å². The molecule has 0 saturated carbocycles. The van der Waals surface area contributed by atoms with Crippen molar-refractivity contribution in [2.45, 2.75) is 6.42 Å². The van der Waals surface area contributed by atoms with Crippen LogP contribution in [0.15, 0.2) is 61.0 Å². The summed E-state index contributed by atoms with van der Waals surface area (Å²) in [5.74, 6) is 0. The Morgan fingerprint density at radius 3 is 2.55 bits per heavy atom. The van der Waals surface area contributed by atoms with Crippen molar-refractivity contribution in [2.75, 3.05) is 0 Å². The summed E-state index contributed by atoms with van der Waals surface area (Å²) in [4.78, 5) is 1.51. The first-order valence-corrected chi connectivity index (χ1v) is 6.04. The minimum atomic E-state index is 0. The Hall–Kier alpha value is -1.33. The summed E-state index contributed by atoms with van der Waals surface area (Å²) in [6.45, 7) is 0. The summed E-state index contributed by atoms with van der Waals surface area (Å²) in [6.07, 6.45) is 11.4. The van der Waals surface area contributed by atoms with Crippen LogP contribution in [0.1, 0.15) is 6.42 Å². The van der Waals surface area contributed by atoms with Gasteiger partial charge in [0.05, 0.1) is 0 Å². The molecule has 22 heavy (non-hydrogen) atoms. The van der Waals surface area contributed by atoms with Crippen LogP contribution in [0.25, 0.3) is 16.5 Å². The van der Waals surface area contributed by atoms with Crippen LogP contribution >= 0.6 is 0 Å². The molecule has 0 radical (unpaired) electrons. The Morgan fingerprint density at radius 1 is 1.18 bits per heavy atom. The smallest absolute Gasteiger partial charge is 1.00 e. The van der Waals surface area contributed by atoms with Crippen molar-refractivity contribution in [3.8, 4) is 5.69 Å². The Labute approximate surface area is 156 Å². The fourth-order valence-electron chi connectivity index (χ4n) is 1.88. The molecular formula is C15H12Cl2N4Ti. The number of hydrogen-bond donors (Lipinski definition) is 0. The third-order valence-electron chi connectivity index (χ3n) is 2.77. The molecule has 1 aliphatic carbocycles. The molecule has 110 valence electrons. The van der Waals surface area contributed by atoms with E-state index in [0.29, 0.717) is 0 Å². The van der Waals surface area contributed by atoms with Crippen molar-refractivity contribution in [3.63, 3.8) is 0 Å². The molecule has 0 aliphatic heterocycles. The van der Waals surface area contributed by atoms with Gasteiger partial charge in [0.1, 0.15) is 0 Å². The molecule has 0 bridgehead atoms. The van der Waals surface area contributed by atoms with Crippen molar-refractivity contribution < 1.29 is 46.5 Å². The maximum atomic E-state index is 3.98. The third-order valence-corrected chi connectivity index (χ3v) is 2.77. The summed E-state index contributed by atoms with van der Waals surface area (Å²) in [5, 5.41) is 13.9. The van der Waals surface area contributed by atoms with Crippen LogP contribution in [0.2, 0.25) is 0 Å². The second-order valence-corrected chi connectivity index (χ2v) is 4.07. The molecule has 0 fully saturated rings. The molecule has 1 heterocycles. The largest absolute Gasteiger partial charge is 4.00 e. The normalized spacial score (nSPS) is 10.9. The molecule has 1 aromatic heterocycles. The van der Waals surface area contributed by atoms with Crippen molar-refractivity contribution in [3.05, 3.63) is 67.0 Å². The van der Waals surface area contributed by atoms with E-state index in [9.17, 15) is 0 Å². The van der Waals surface area contributed by atoms with Gasteiger partial charge in [0, 0.05) is 0 Å². The average Bonchev–Trinajstić information content (AvgIpc) is 3.20. The van der Waals surface area contributed by atoms with Gasteiger partial charge in [-0.05, 0) is 10.9 Å². The zero-order valence-electron chi connectivity index (χ0n) is 11.5. The second-order valence-electron chi connectivity index (χ2n) is 4.07. The Morgan fingerprint density at radius 2 is 2.00 bits per heavy atom. The van der Waals surface area contributed by atoms with Crippen LogP contribution in [-0.2, 0) is 21.7 Å². The van der Waals surface area contributed by atoms with Crippen molar-refractivity contribution in [1.29, 1.82) is 0 Å². The molecule has 0 saturated heterocycles. The van der Waals surface area contributed by atoms with E-state index >= 15 is 0 Å². The summed E-state index contributed by atoms with van der Waals surface area (Å²) in [7, 11) is 0. The van der Waals surface area contributed by atoms with Crippen LogP contribution < -0.4 is 24.8 Å². The van der Waals surface area contributed by atoms with Crippen LogP contribution in [0.4, 0.5) is 0 Å². The first-order valence-electron chi connectivity index (χ1n) is 6.04. The number of halogens is 2. The molecule has 0 N–H and O–H groups in total. The molecule has 0 spiro atoms. The quantitative estimate of drug-likeness (QED) is 0.337. The summed E-state index contributed by atoms with van der Waals surface area (Å²) >= 11 is 0. The van der Waals surface area contributed by atoms with E-state index in [2.05, 4.69) is 39.7 Å². The van der Waals surface area contributed by atoms with Gasteiger partial charge in [-0.15, -0.1) is 57.7 Å². The fraction of sp³-hybridized carbons (Fsp3) is 0.0667. The molecule has 4 rings (SSSR count). The van der Waals surface area contributed by atoms with Crippen molar-refractivity contribution in [1.82, 2.24) is 20.2 Å². The van der Waals surface area contributed by atoms with Gasteiger partial charge in [-0.25, -0.2) is 12.2 Å². The van der Waals surface area contributed by atoms with E-state index in [1.54, 1.807) is 0 Å². The van der Waals surface area contributed by atoms with Gasteiger partial charge >= 0.3 is 21.7 Å². The standard InChI is InChI=1S/C10H7N4.C5H5.2ClH.Ti/c1-2-4-9-6-10(5-8(9)3-1)14-12-7-11-13-14;1-2-4-5-3-1;;;/h1-7H;1-3H,4H2;2*1H;/q2*-1;;;+4/p-2. The summed E-state index contributed by atoms with van der Waals surface area (Å²) < 4.78 is 0. The Balaban J connectivity index is 0.000000482. The predicted octanol–water partition coefficient (Wildman–Crippen LogP) is -3.15. The molecule has 0 amide bonds. The van der Waals surface area contributed by atoms with Gasteiger partial charge in [0.25, 0.3) is 0 Å². The molecule has 3 aromatic rings. The summed E-state index contributed by atoms with van der Waals surface area (Å²) in [6, 6.07) is 12.2. The Kier molecular flexibility index (Phi) is 9.78. The van der Waals surface area contributed by atoms with E-state index in [1.807, 2.05) is 36.4 Å². The zero-order chi connectivity index (χ0) is 12.9. The third kappa shape index (κ3) is 5.14. The molecule has 1 aliphatic rings. The molecule has 0 unspecified atom stereocenters. The van der Waals surface area contributed by atoms with Crippen LogP contribution in [0.5, 0.6) is 0 Å². The van der Waals surface area contributed by atoms with Gasteiger partial charge in [-0.3, -0.25) is 6.08 Å². The zero-order valence-corrected chi connectivity index (χ0v) is 14.6. The molecule has 7 heteroatoms. The van der Waals surface area contributed by atoms with Gasteiger partial charge in [-0.2, -0.15) is 10.9 Å². The number of benzene rings is 1. The second kappa shape index (κ2) is 10.4. The monoisotopic (exact) mass is 366 g/mol. The predicted molar refractivity (Wildman–Crippen MR) is 73.8 cm³/mol. The molecule has 0 atom stereocenters. The SMILES string of the molecule is [C-]1=CC=CC1.[Cl-].[Cl-].[Ti+4].c1ccc2[cH-]c(-n3ncnn3)cc2c1. The van der Waals surface area contributed by atoms with E-state index in [4.69, 9.17) is 0 Å². The van der Waals surface area contributed by atoms with Crippen molar-refractivity contribution in [2.24, 2.45) is 0 Å². The van der Waals surface area contributed by atoms with E-state index < -0.39 is 0 Å². The first kappa shape index (κ1) is 20.7. The molecule has 2 aromatic carbocycles. The van der Waals surface area contributed by atoms with Gasteiger partial charge < -0.3 is 24.8 Å². The van der Waals surface area contributed by atoms with Gasteiger partial charge in [-0.1, -0.05) is 6.07 Å². The Bertz CT molecular complexity index is 677. The van der Waals surface area contributed by atoms with Gasteiger partial charge in [0.15, 0.2) is 6.33 Å². The number of hydrogen-bond acceptors (Lipinski definition) is 3. The van der Waals surface area contributed by atoms with E-state index in [-0.39, 0.29) is 46.5 Å².